The fourth-order valence-electron chi connectivity index (χ4n) is 0.906. The van der Waals surface area contributed by atoms with Gasteiger partial charge in [0.1, 0.15) is 0 Å². The van der Waals surface area contributed by atoms with E-state index in [9.17, 15) is 26.3 Å². The van der Waals surface area contributed by atoms with Gasteiger partial charge in [-0.1, -0.05) is 0 Å². The van der Waals surface area contributed by atoms with Crippen LogP contribution in [0.2, 0.25) is 0 Å². The van der Waals surface area contributed by atoms with Crippen LogP contribution in [-0.2, 0) is 0 Å². The average Bonchev–Trinajstić information content (AvgIpc) is 1.96. The molecule has 0 saturated heterocycles. The van der Waals surface area contributed by atoms with Gasteiger partial charge in [-0.15, -0.1) is 13.2 Å². The monoisotopic (exact) mass is 246 g/mol. The smallest absolute Gasteiger partial charge is 0.398 e. The molecule has 0 aliphatic carbocycles. The third-order valence-corrected chi connectivity index (χ3v) is 1.46. The van der Waals surface area contributed by atoms with Gasteiger partial charge in [-0.25, -0.2) is 8.78 Å². The van der Waals surface area contributed by atoms with Crippen molar-refractivity contribution < 1.29 is 31.1 Å². The molecule has 1 rings (SSSR count). The van der Waals surface area contributed by atoms with Crippen molar-refractivity contribution in [2.24, 2.45) is 0 Å². The number of hydrogen-bond donors (Lipinski definition) is 1. The number of ether oxygens (including phenoxy) is 1. The first-order valence-corrected chi connectivity index (χ1v) is 3.70. The lowest BCUT2D eigenvalue weighted by Crippen LogP contribution is -2.18. The zero-order valence-electron chi connectivity index (χ0n) is 7.36. The number of anilines is 1. The van der Waals surface area contributed by atoms with E-state index in [0.29, 0.717) is 6.07 Å². The third-order valence-electron chi connectivity index (χ3n) is 1.46. The first kappa shape index (κ1) is 12.4. The maximum atomic E-state index is 12.8. The number of pyridine rings is 1. The van der Waals surface area contributed by atoms with Crippen molar-refractivity contribution in [3.8, 4) is 5.88 Å². The maximum Gasteiger partial charge on any atom is 0.574 e. The van der Waals surface area contributed by atoms with Crippen molar-refractivity contribution in [2.45, 2.75) is 12.8 Å². The Balaban J connectivity index is 3.10. The molecule has 0 bridgehead atoms. The van der Waals surface area contributed by atoms with Gasteiger partial charge in [0.2, 0.25) is 11.8 Å². The summed E-state index contributed by atoms with van der Waals surface area (Å²) in [6.07, 6.45) is -8.37. The first-order valence-electron chi connectivity index (χ1n) is 3.70. The molecule has 1 aromatic heterocycles. The number of rotatable bonds is 2. The lowest BCUT2D eigenvalue weighted by molar-refractivity contribution is -0.276. The molecule has 0 spiro atoms. The number of hydrogen-bond acceptors (Lipinski definition) is 3. The topological polar surface area (TPSA) is 48.1 Å². The summed E-state index contributed by atoms with van der Waals surface area (Å²) in [5.74, 6) is -3.03. The normalized spacial score (nSPS) is 11.9. The van der Waals surface area contributed by atoms with Gasteiger partial charge in [0, 0.05) is 6.07 Å². The van der Waals surface area contributed by atoms with Crippen LogP contribution >= 0.6 is 0 Å². The Morgan fingerprint density at radius 1 is 1.31 bits per heavy atom. The Bertz CT molecular complexity index is 368. The molecule has 0 aliphatic heterocycles. The molecule has 0 amide bonds. The average molecular weight is 246 g/mol. The second-order valence-corrected chi connectivity index (χ2v) is 2.60. The van der Waals surface area contributed by atoms with Crippen molar-refractivity contribution in [1.29, 1.82) is 0 Å². The maximum absolute atomic E-state index is 12.8. The van der Waals surface area contributed by atoms with Crippen molar-refractivity contribution in [3.63, 3.8) is 0 Å². The van der Waals surface area contributed by atoms with Crippen molar-refractivity contribution in [1.82, 2.24) is 4.98 Å². The van der Waals surface area contributed by atoms with E-state index < -0.39 is 35.9 Å². The Labute approximate surface area is 84.8 Å². The Kier molecular flexibility index (Phi) is 3.15. The van der Waals surface area contributed by atoms with Crippen LogP contribution in [0.25, 0.3) is 0 Å². The summed E-state index contributed by atoms with van der Waals surface area (Å²) in [6, 6.07) is 0.373. The number of alkyl halides is 5. The summed E-state index contributed by atoms with van der Waals surface area (Å²) in [5, 5.41) is 0. The molecule has 1 heterocycles. The zero-order valence-corrected chi connectivity index (χ0v) is 7.36. The molecule has 0 aliphatic rings. The van der Waals surface area contributed by atoms with Gasteiger partial charge in [0.15, 0.2) is 0 Å². The highest BCUT2D eigenvalue weighted by Gasteiger charge is 2.33. The van der Waals surface area contributed by atoms with Gasteiger partial charge in [-0.2, -0.15) is 9.37 Å². The lowest BCUT2D eigenvalue weighted by atomic mass is 10.2. The Hall–Kier alpha value is -1.67. The SMILES string of the molecule is Nc1cc(OC(F)(F)F)nc(F)c1C(F)F. The van der Waals surface area contributed by atoms with E-state index in [-0.39, 0.29) is 0 Å². The van der Waals surface area contributed by atoms with Gasteiger partial charge in [-0.05, 0) is 0 Å². The molecule has 90 valence electrons. The highest BCUT2D eigenvalue weighted by molar-refractivity contribution is 5.49. The van der Waals surface area contributed by atoms with E-state index in [0.717, 1.165) is 0 Å². The van der Waals surface area contributed by atoms with Crippen LogP contribution in [0.5, 0.6) is 5.88 Å². The van der Waals surface area contributed by atoms with Gasteiger partial charge in [0.05, 0.1) is 11.3 Å². The van der Waals surface area contributed by atoms with Crippen LogP contribution in [-0.4, -0.2) is 11.3 Å². The molecule has 0 aromatic carbocycles. The van der Waals surface area contributed by atoms with Crippen LogP contribution in [0.4, 0.5) is 32.0 Å². The third kappa shape index (κ3) is 2.91. The largest absolute Gasteiger partial charge is 0.574 e. The summed E-state index contributed by atoms with van der Waals surface area (Å²) >= 11 is 0. The lowest BCUT2D eigenvalue weighted by Gasteiger charge is -2.10. The first-order chi connectivity index (χ1) is 7.20. The molecule has 0 saturated carbocycles. The van der Waals surface area contributed by atoms with Crippen molar-refractivity contribution in [3.05, 3.63) is 17.6 Å². The predicted molar refractivity (Wildman–Crippen MR) is 40.2 cm³/mol. The summed E-state index contributed by atoms with van der Waals surface area (Å²) in [4.78, 5) is 2.57. The number of halogens is 6. The van der Waals surface area contributed by atoms with E-state index in [2.05, 4.69) is 9.72 Å². The fraction of sp³-hybridized carbons (Fsp3) is 0.286. The van der Waals surface area contributed by atoms with E-state index in [1.54, 1.807) is 0 Å². The summed E-state index contributed by atoms with van der Waals surface area (Å²) < 4.78 is 75.4. The fourth-order valence-corrected chi connectivity index (χ4v) is 0.906. The molecule has 0 fully saturated rings. The molecule has 1 aromatic rings. The standard InChI is InChI=1S/C7H4F6N2O/c8-5(9)4-2(14)1-3(15-6(4)10)16-7(11,12)13/h1,5H,(H2,14,15). The Morgan fingerprint density at radius 2 is 1.88 bits per heavy atom. The molecule has 0 radical (unpaired) electrons. The highest BCUT2D eigenvalue weighted by Crippen LogP contribution is 2.31. The number of aromatic nitrogens is 1. The van der Waals surface area contributed by atoms with Gasteiger partial charge < -0.3 is 10.5 Å². The molecule has 9 heteroatoms. The van der Waals surface area contributed by atoms with Crippen LogP contribution in [0.1, 0.15) is 12.0 Å². The molecule has 0 unspecified atom stereocenters. The van der Waals surface area contributed by atoms with E-state index in [4.69, 9.17) is 5.73 Å². The summed E-state index contributed by atoms with van der Waals surface area (Å²) in [7, 11) is 0. The highest BCUT2D eigenvalue weighted by atomic mass is 19.4. The van der Waals surface area contributed by atoms with Crippen molar-refractivity contribution in [2.75, 3.05) is 5.73 Å². The van der Waals surface area contributed by atoms with E-state index >= 15 is 0 Å². The van der Waals surface area contributed by atoms with Crippen LogP contribution in [0, 0.1) is 5.95 Å². The second-order valence-electron chi connectivity index (χ2n) is 2.60. The molecular weight excluding hydrogens is 242 g/mol. The van der Waals surface area contributed by atoms with Gasteiger partial charge in [0.25, 0.3) is 6.43 Å². The summed E-state index contributed by atoms with van der Waals surface area (Å²) in [5.41, 5.74) is 2.82. The predicted octanol–water partition coefficient (Wildman–Crippen LogP) is 2.64. The molecular formula is C7H4F6N2O. The quantitative estimate of drug-likeness (QED) is 0.644. The van der Waals surface area contributed by atoms with Crippen LogP contribution in [0.3, 0.4) is 0 Å². The minimum atomic E-state index is -5.10. The minimum Gasteiger partial charge on any atom is -0.398 e. The summed E-state index contributed by atoms with van der Waals surface area (Å²) in [6.45, 7) is 0. The molecule has 16 heavy (non-hydrogen) atoms. The van der Waals surface area contributed by atoms with E-state index in [1.165, 1.54) is 0 Å². The van der Waals surface area contributed by atoms with Gasteiger partial charge in [-0.3, -0.25) is 0 Å². The van der Waals surface area contributed by atoms with Crippen molar-refractivity contribution >= 4 is 5.69 Å². The number of nitrogens with zero attached hydrogens (tertiary/aromatic N) is 1. The number of nitrogen functional groups attached to an aromatic ring is 1. The van der Waals surface area contributed by atoms with Gasteiger partial charge >= 0.3 is 6.36 Å². The molecule has 3 nitrogen and oxygen atoms in total. The minimum absolute atomic E-state index is 0.373. The molecule has 2 N–H and O–H groups in total. The van der Waals surface area contributed by atoms with Crippen LogP contribution in [0.15, 0.2) is 6.07 Å². The Morgan fingerprint density at radius 3 is 2.25 bits per heavy atom. The zero-order chi connectivity index (χ0) is 12.5. The van der Waals surface area contributed by atoms with E-state index in [1.807, 2.05) is 0 Å². The number of nitrogens with two attached hydrogens (primary N) is 1. The van der Waals surface area contributed by atoms with Crippen LogP contribution < -0.4 is 10.5 Å². The molecule has 0 atom stereocenters. The second kappa shape index (κ2) is 4.06.